The van der Waals surface area contributed by atoms with Crippen LogP contribution < -0.4 is 5.48 Å². The van der Waals surface area contributed by atoms with E-state index in [0.29, 0.717) is 31.7 Å². The number of morpholine rings is 1. The summed E-state index contributed by atoms with van der Waals surface area (Å²) in [4.78, 5) is 13.6. The van der Waals surface area contributed by atoms with Crippen LogP contribution in [0.1, 0.15) is 21.5 Å². The third-order valence-electron chi connectivity index (χ3n) is 3.82. The second kappa shape index (κ2) is 4.88. The summed E-state index contributed by atoms with van der Waals surface area (Å²) >= 11 is 0. The molecule has 0 saturated carbocycles. The minimum atomic E-state index is -0.691. The number of carbonyl (C=O) groups excluding carboxylic acids is 1. The molecular formula is C13H15FN2O3. The Hall–Kier alpha value is -1.50. The van der Waals surface area contributed by atoms with E-state index in [0.717, 1.165) is 12.1 Å². The van der Waals surface area contributed by atoms with Crippen molar-refractivity contribution >= 4 is 5.91 Å². The van der Waals surface area contributed by atoms with Crippen molar-refractivity contribution in [1.82, 2.24) is 10.4 Å². The second-order valence-electron chi connectivity index (χ2n) is 4.94. The molecule has 2 N–H and O–H groups in total. The number of rotatable bonds is 1. The largest absolute Gasteiger partial charge is 0.378 e. The lowest BCUT2D eigenvalue weighted by molar-refractivity contribution is -0.0169. The number of hydrogen-bond donors (Lipinski definition) is 2. The molecule has 6 heteroatoms. The molecule has 0 aromatic heterocycles. The van der Waals surface area contributed by atoms with Gasteiger partial charge < -0.3 is 4.74 Å². The first-order valence-corrected chi connectivity index (χ1v) is 6.26. The van der Waals surface area contributed by atoms with Gasteiger partial charge in [-0.05, 0) is 24.1 Å². The second-order valence-corrected chi connectivity index (χ2v) is 4.94. The summed E-state index contributed by atoms with van der Waals surface area (Å²) in [5.41, 5.74) is 3.14. The normalized spacial score (nSPS) is 22.5. The standard InChI is InChI=1S/C13H15FN2O3/c14-12-5-9(13(17)15-18)3-8-4-10-7-19-2-1-16(10)6-11(8)12/h3,5,10,18H,1-2,4,6-7H2,(H,15,17)/t10-/m0/s1. The predicted molar refractivity (Wildman–Crippen MR) is 64.4 cm³/mol. The summed E-state index contributed by atoms with van der Waals surface area (Å²) in [7, 11) is 0. The quantitative estimate of drug-likeness (QED) is 0.580. The molecule has 19 heavy (non-hydrogen) atoms. The number of hydrogen-bond acceptors (Lipinski definition) is 4. The van der Waals surface area contributed by atoms with E-state index in [9.17, 15) is 9.18 Å². The molecular weight excluding hydrogens is 251 g/mol. The first-order chi connectivity index (χ1) is 9.19. The smallest absolute Gasteiger partial charge is 0.274 e. The van der Waals surface area contributed by atoms with Crippen LogP contribution in [0, 0.1) is 5.82 Å². The van der Waals surface area contributed by atoms with Crippen molar-refractivity contribution in [2.45, 2.75) is 19.0 Å². The van der Waals surface area contributed by atoms with E-state index in [4.69, 9.17) is 9.94 Å². The maximum atomic E-state index is 14.1. The van der Waals surface area contributed by atoms with E-state index in [1.807, 2.05) is 0 Å². The number of hydroxylamine groups is 1. The fourth-order valence-corrected chi connectivity index (χ4v) is 2.79. The van der Waals surface area contributed by atoms with Crippen molar-refractivity contribution in [3.8, 4) is 0 Å². The van der Waals surface area contributed by atoms with Crippen LogP contribution in [0.15, 0.2) is 12.1 Å². The van der Waals surface area contributed by atoms with Gasteiger partial charge in [0.2, 0.25) is 0 Å². The Labute approximate surface area is 109 Å². The lowest BCUT2D eigenvalue weighted by Gasteiger charge is -2.40. The summed E-state index contributed by atoms with van der Waals surface area (Å²) in [6.45, 7) is 2.68. The number of nitrogens with one attached hydrogen (secondary N) is 1. The first kappa shape index (κ1) is 12.5. The average molecular weight is 266 g/mol. The van der Waals surface area contributed by atoms with Gasteiger partial charge in [0, 0.05) is 30.3 Å². The molecule has 0 radical (unpaired) electrons. The third kappa shape index (κ3) is 2.22. The van der Waals surface area contributed by atoms with Crippen molar-refractivity contribution in [2.24, 2.45) is 0 Å². The molecule has 0 aliphatic carbocycles. The first-order valence-electron chi connectivity index (χ1n) is 6.26. The average Bonchev–Trinajstić information content (AvgIpc) is 2.44. The van der Waals surface area contributed by atoms with Gasteiger partial charge in [-0.15, -0.1) is 0 Å². The molecule has 2 aliphatic rings. The minimum absolute atomic E-state index is 0.143. The maximum Gasteiger partial charge on any atom is 0.274 e. The Morgan fingerprint density at radius 2 is 2.37 bits per heavy atom. The topological polar surface area (TPSA) is 61.8 Å². The summed E-state index contributed by atoms with van der Waals surface area (Å²) in [5.74, 6) is -1.08. The highest BCUT2D eigenvalue weighted by atomic mass is 19.1. The zero-order valence-electron chi connectivity index (χ0n) is 10.4. The number of nitrogens with zero attached hydrogens (tertiary/aromatic N) is 1. The fourth-order valence-electron chi connectivity index (χ4n) is 2.79. The summed E-state index contributed by atoms with van der Waals surface area (Å²) < 4.78 is 19.5. The van der Waals surface area contributed by atoms with Gasteiger partial charge in [-0.1, -0.05) is 0 Å². The van der Waals surface area contributed by atoms with Gasteiger partial charge >= 0.3 is 0 Å². The molecule has 1 atom stereocenters. The number of amides is 1. The Morgan fingerprint density at radius 1 is 1.53 bits per heavy atom. The van der Waals surface area contributed by atoms with E-state index in [1.165, 1.54) is 11.5 Å². The molecule has 0 spiro atoms. The molecule has 1 amide bonds. The molecule has 2 aliphatic heterocycles. The number of fused-ring (bicyclic) bond motifs is 2. The van der Waals surface area contributed by atoms with Crippen molar-refractivity contribution < 1.29 is 19.1 Å². The molecule has 1 aromatic rings. The van der Waals surface area contributed by atoms with E-state index in [-0.39, 0.29) is 17.4 Å². The zero-order chi connectivity index (χ0) is 13.4. The SMILES string of the molecule is O=C(NO)c1cc(F)c2c(c1)C[C@H]1COCCN1C2. The molecule has 2 heterocycles. The Morgan fingerprint density at radius 3 is 3.16 bits per heavy atom. The molecule has 1 fully saturated rings. The lowest BCUT2D eigenvalue weighted by Crippen LogP contribution is -2.48. The van der Waals surface area contributed by atoms with Crippen molar-refractivity contribution in [1.29, 1.82) is 0 Å². The van der Waals surface area contributed by atoms with Crippen LogP contribution in [0.2, 0.25) is 0 Å². The highest BCUT2D eigenvalue weighted by Gasteiger charge is 2.31. The number of benzene rings is 1. The van der Waals surface area contributed by atoms with Gasteiger partial charge in [-0.2, -0.15) is 0 Å². The summed E-state index contributed by atoms with van der Waals surface area (Å²) in [6.07, 6.45) is 0.665. The van der Waals surface area contributed by atoms with Crippen molar-refractivity contribution in [3.05, 3.63) is 34.6 Å². The Balaban J connectivity index is 1.96. The van der Waals surface area contributed by atoms with Gasteiger partial charge in [-0.3, -0.25) is 14.9 Å². The van der Waals surface area contributed by atoms with Gasteiger partial charge in [0.25, 0.3) is 5.91 Å². The number of carbonyl (C=O) groups is 1. The van der Waals surface area contributed by atoms with E-state index >= 15 is 0 Å². The molecule has 3 rings (SSSR count). The van der Waals surface area contributed by atoms with Crippen LogP contribution >= 0.6 is 0 Å². The van der Waals surface area contributed by atoms with Crippen LogP contribution in [-0.2, 0) is 17.7 Å². The van der Waals surface area contributed by atoms with Crippen LogP contribution in [0.4, 0.5) is 4.39 Å². The van der Waals surface area contributed by atoms with Crippen LogP contribution in [0.25, 0.3) is 0 Å². The summed E-state index contributed by atoms with van der Waals surface area (Å²) in [6, 6.07) is 3.06. The van der Waals surface area contributed by atoms with Gasteiger partial charge in [0.1, 0.15) is 5.82 Å². The molecule has 0 unspecified atom stereocenters. The van der Waals surface area contributed by atoms with Crippen LogP contribution in [0.3, 0.4) is 0 Å². The lowest BCUT2D eigenvalue weighted by atomic mass is 9.91. The Bertz CT molecular complexity index is 521. The molecule has 5 nitrogen and oxygen atoms in total. The van der Waals surface area contributed by atoms with Crippen LogP contribution in [0.5, 0.6) is 0 Å². The van der Waals surface area contributed by atoms with Gasteiger partial charge in [0.15, 0.2) is 0 Å². The zero-order valence-corrected chi connectivity index (χ0v) is 10.4. The summed E-state index contributed by atoms with van der Waals surface area (Å²) in [5, 5.41) is 8.62. The molecule has 0 bridgehead atoms. The van der Waals surface area contributed by atoms with Crippen LogP contribution in [-0.4, -0.2) is 41.8 Å². The highest BCUT2D eigenvalue weighted by Crippen LogP contribution is 2.28. The Kier molecular flexibility index (Phi) is 3.22. The van der Waals surface area contributed by atoms with Crippen molar-refractivity contribution in [2.75, 3.05) is 19.8 Å². The maximum absolute atomic E-state index is 14.1. The minimum Gasteiger partial charge on any atom is -0.378 e. The molecule has 1 aromatic carbocycles. The molecule has 102 valence electrons. The highest BCUT2D eigenvalue weighted by molar-refractivity contribution is 5.93. The van der Waals surface area contributed by atoms with Crippen molar-refractivity contribution in [3.63, 3.8) is 0 Å². The number of halogens is 1. The van der Waals surface area contributed by atoms with Gasteiger partial charge in [0.05, 0.1) is 13.2 Å². The fraction of sp³-hybridized carbons (Fsp3) is 0.462. The van der Waals surface area contributed by atoms with Gasteiger partial charge in [-0.25, -0.2) is 9.87 Å². The van der Waals surface area contributed by atoms with E-state index in [2.05, 4.69) is 4.90 Å². The number of ether oxygens (including phenoxy) is 1. The monoisotopic (exact) mass is 266 g/mol. The van der Waals surface area contributed by atoms with E-state index in [1.54, 1.807) is 6.07 Å². The molecule has 1 saturated heterocycles. The predicted octanol–water partition coefficient (Wildman–Crippen LogP) is 0.702. The van der Waals surface area contributed by atoms with E-state index < -0.39 is 5.91 Å². The third-order valence-corrected chi connectivity index (χ3v) is 3.82.